The highest BCUT2D eigenvalue weighted by molar-refractivity contribution is 5.90. The summed E-state index contributed by atoms with van der Waals surface area (Å²) in [4.78, 5) is 0. The van der Waals surface area contributed by atoms with Crippen LogP contribution < -0.4 is 0 Å². The van der Waals surface area contributed by atoms with Gasteiger partial charge in [0.15, 0.2) is 11.6 Å². The molecule has 0 aliphatic rings. The molecule has 4 aromatic rings. The van der Waals surface area contributed by atoms with Gasteiger partial charge >= 0.3 is 0 Å². The lowest BCUT2D eigenvalue weighted by Crippen LogP contribution is -1.89. The van der Waals surface area contributed by atoms with Crippen LogP contribution in [-0.4, -0.2) is 19.6 Å². The van der Waals surface area contributed by atoms with Gasteiger partial charge in [0.2, 0.25) is 0 Å². The molecule has 0 unspecified atom stereocenters. The van der Waals surface area contributed by atoms with Crippen LogP contribution in [0.3, 0.4) is 0 Å². The lowest BCUT2D eigenvalue weighted by molar-refractivity contribution is 0.759. The van der Waals surface area contributed by atoms with E-state index in [1.807, 2.05) is 62.6 Å². The lowest BCUT2D eigenvalue weighted by Gasteiger charge is -1.96. The molecule has 108 valence electrons. The van der Waals surface area contributed by atoms with Crippen molar-refractivity contribution in [2.45, 2.75) is 0 Å². The van der Waals surface area contributed by atoms with E-state index in [4.69, 9.17) is 0 Å². The summed E-state index contributed by atoms with van der Waals surface area (Å²) >= 11 is 0. The van der Waals surface area contributed by atoms with Crippen molar-refractivity contribution in [3.05, 3.63) is 48.5 Å². The number of nitrogens with zero attached hydrogens (tertiary/aromatic N) is 6. The molecule has 0 radical (unpaired) electrons. The molecule has 4 rings (SSSR count). The second kappa shape index (κ2) is 4.77. The largest absolute Gasteiger partial charge is 0.248 e. The summed E-state index contributed by atoms with van der Waals surface area (Å²) in [6, 6.07) is 15.8. The normalized spacial score (nSPS) is 11.9. The van der Waals surface area contributed by atoms with E-state index in [0.29, 0.717) is 0 Å². The average Bonchev–Trinajstić information content (AvgIpc) is 3.01. The van der Waals surface area contributed by atoms with E-state index >= 15 is 0 Å². The van der Waals surface area contributed by atoms with E-state index in [-0.39, 0.29) is 0 Å². The molecule has 0 aliphatic carbocycles. The summed E-state index contributed by atoms with van der Waals surface area (Å²) in [6.07, 6.45) is 0. The number of fused-ring (bicyclic) bond motifs is 2. The third kappa shape index (κ3) is 1.88. The molecule has 6 nitrogen and oxygen atoms in total. The molecular formula is C16H14N6. The zero-order valence-electron chi connectivity index (χ0n) is 12.3. The fourth-order valence-electron chi connectivity index (χ4n) is 2.60. The monoisotopic (exact) mass is 290 g/mol. The Morgan fingerprint density at radius 2 is 1.09 bits per heavy atom. The number of aromatic nitrogens is 4. The smallest absolute Gasteiger partial charge is 0.180 e. The van der Waals surface area contributed by atoms with Gasteiger partial charge in [-0.15, -0.1) is 10.2 Å². The maximum absolute atomic E-state index is 4.44. The molecule has 0 bridgehead atoms. The maximum Gasteiger partial charge on any atom is 0.180 e. The van der Waals surface area contributed by atoms with Crippen molar-refractivity contribution in [1.82, 2.24) is 19.6 Å². The number of aryl methyl sites for hydroxylation is 2. The van der Waals surface area contributed by atoms with Crippen molar-refractivity contribution in [2.24, 2.45) is 24.3 Å². The molecule has 22 heavy (non-hydrogen) atoms. The minimum absolute atomic E-state index is 0.737. The standard InChI is InChI=1S/C16H14N6/c1-21-15(11-7-3-5-9-13(11)19-21)17-18-16-12-8-4-6-10-14(12)20-22(16)2/h3-10H,1-2H3. The Morgan fingerprint density at radius 3 is 1.55 bits per heavy atom. The molecule has 2 heterocycles. The Labute approximate surface area is 126 Å². The molecule has 2 aromatic heterocycles. The predicted molar refractivity (Wildman–Crippen MR) is 85.6 cm³/mol. The summed E-state index contributed by atoms with van der Waals surface area (Å²) in [5, 5.41) is 19.7. The van der Waals surface area contributed by atoms with Crippen LogP contribution in [0.15, 0.2) is 58.8 Å². The highest BCUT2D eigenvalue weighted by Crippen LogP contribution is 2.29. The third-order valence-electron chi connectivity index (χ3n) is 3.66. The van der Waals surface area contributed by atoms with Crippen LogP contribution in [0.4, 0.5) is 11.6 Å². The Bertz CT molecular complexity index is 926. The second-order valence-electron chi connectivity index (χ2n) is 5.13. The molecule has 0 saturated heterocycles. The summed E-state index contributed by atoms with van der Waals surface area (Å²) in [5.41, 5.74) is 1.82. The molecule has 0 amide bonds. The van der Waals surface area contributed by atoms with Crippen molar-refractivity contribution in [3.63, 3.8) is 0 Å². The van der Waals surface area contributed by atoms with Crippen LogP contribution in [0.2, 0.25) is 0 Å². The van der Waals surface area contributed by atoms with Crippen LogP contribution in [0.1, 0.15) is 0 Å². The van der Waals surface area contributed by atoms with Gasteiger partial charge in [-0.1, -0.05) is 24.3 Å². The van der Waals surface area contributed by atoms with Crippen LogP contribution in [-0.2, 0) is 14.1 Å². The predicted octanol–water partition coefficient (Wildman–Crippen LogP) is 3.88. The van der Waals surface area contributed by atoms with Crippen LogP contribution in [0.5, 0.6) is 0 Å². The average molecular weight is 290 g/mol. The molecule has 0 N–H and O–H groups in total. The number of hydrogen-bond donors (Lipinski definition) is 0. The summed E-state index contributed by atoms with van der Waals surface area (Å²) in [5.74, 6) is 1.47. The zero-order valence-corrected chi connectivity index (χ0v) is 12.3. The fraction of sp³-hybridized carbons (Fsp3) is 0.125. The van der Waals surface area contributed by atoms with Gasteiger partial charge < -0.3 is 0 Å². The van der Waals surface area contributed by atoms with Gasteiger partial charge in [0.05, 0.1) is 11.0 Å². The van der Waals surface area contributed by atoms with Crippen molar-refractivity contribution >= 4 is 33.4 Å². The summed E-state index contributed by atoms with van der Waals surface area (Å²) in [6.45, 7) is 0. The van der Waals surface area contributed by atoms with E-state index in [1.54, 1.807) is 9.36 Å². The van der Waals surface area contributed by atoms with E-state index in [2.05, 4.69) is 20.4 Å². The topological polar surface area (TPSA) is 60.4 Å². The van der Waals surface area contributed by atoms with Crippen molar-refractivity contribution in [3.8, 4) is 0 Å². The minimum Gasteiger partial charge on any atom is -0.248 e. The molecule has 2 aromatic carbocycles. The van der Waals surface area contributed by atoms with Crippen molar-refractivity contribution in [2.75, 3.05) is 0 Å². The summed E-state index contributed by atoms with van der Waals surface area (Å²) in [7, 11) is 3.74. The van der Waals surface area contributed by atoms with Crippen LogP contribution >= 0.6 is 0 Å². The Hall–Kier alpha value is -3.02. The quantitative estimate of drug-likeness (QED) is 0.526. The first-order valence-corrected chi connectivity index (χ1v) is 6.99. The SMILES string of the molecule is Cn1nc2ccccc2c1N=Nc1c2ccccc2nn1C. The second-order valence-corrected chi connectivity index (χ2v) is 5.13. The molecule has 0 atom stereocenters. The van der Waals surface area contributed by atoms with Gasteiger partial charge in [-0.05, 0) is 24.3 Å². The van der Waals surface area contributed by atoms with E-state index in [9.17, 15) is 0 Å². The molecule has 0 fully saturated rings. The highest BCUT2D eigenvalue weighted by Gasteiger charge is 2.10. The Balaban J connectivity index is 1.86. The van der Waals surface area contributed by atoms with Crippen molar-refractivity contribution in [1.29, 1.82) is 0 Å². The number of azo groups is 1. The molecular weight excluding hydrogens is 276 g/mol. The molecule has 6 heteroatoms. The van der Waals surface area contributed by atoms with Gasteiger partial charge in [-0.3, -0.25) is 0 Å². The van der Waals surface area contributed by atoms with Gasteiger partial charge in [0, 0.05) is 24.9 Å². The third-order valence-corrected chi connectivity index (χ3v) is 3.66. The molecule has 0 spiro atoms. The summed E-state index contributed by atoms with van der Waals surface area (Å²) < 4.78 is 3.49. The number of rotatable bonds is 2. The van der Waals surface area contributed by atoms with E-state index in [1.165, 1.54) is 0 Å². The van der Waals surface area contributed by atoms with E-state index in [0.717, 1.165) is 33.4 Å². The van der Waals surface area contributed by atoms with Gasteiger partial charge in [-0.2, -0.15) is 10.2 Å². The van der Waals surface area contributed by atoms with Gasteiger partial charge in [0.1, 0.15) is 0 Å². The number of hydrogen-bond acceptors (Lipinski definition) is 4. The fourth-order valence-corrected chi connectivity index (χ4v) is 2.60. The maximum atomic E-state index is 4.44. The first kappa shape index (κ1) is 12.7. The first-order chi connectivity index (χ1) is 10.7. The van der Waals surface area contributed by atoms with E-state index < -0.39 is 0 Å². The highest BCUT2D eigenvalue weighted by atomic mass is 15.4. The van der Waals surface area contributed by atoms with Crippen LogP contribution in [0, 0.1) is 0 Å². The van der Waals surface area contributed by atoms with Crippen LogP contribution in [0.25, 0.3) is 21.8 Å². The van der Waals surface area contributed by atoms with Gasteiger partial charge in [-0.25, -0.2) is 9.36 Å². The number of benzene rings is 2. The molecule has 0 saturated carbocycles. The first-order valence-electron chi connectivity index (χ1n) is 6.99. The minimum atomic E-state index is 0.737. The Morgan fingerprint density at radius 1 is 0.682 bits per heavy atom. The lowest BCUT2D eigenvalue weighted by atomic mass is 10.2. The zero-order chi connectivity index (χ0) is 15.1. The Kier molecular flexibility index (Phi) is 2.75. The van der Waals surface area contributed by atoms with Gasteiger partial charge in [0.25, 0.3) is 0 Å². The van der Waals surface area contributed by atoms with Crippen molar-refractivity contribution < 1.29 is 0 Å². The molecule has 0 aliphatic heterocycles.